The number of thiophene rings is 1. The summed E-state index contributed by atoms with van der Waals surface area (Å²) in [7, 11) is 0. The number of rotatable bonds is 4. The summed E-state index contributed by atoms with van der Waals surface area (Å²) in [5, 5.41) is 2.11. The molecule has 2 aromatic rings. The van der Waals surface area contributed by atoms with Gasteiger partial charge in [-0.2, -0.15) is 0 Å². The minimum Gasteiger partial charge on any atom is -0.297 e. The standard InChI is InChI=1S/C18H18FNOS.BrH/c19-15-4-2-1-3-14(15)17(18(21)12-5-6-12)20-9-7-16-13(11-20)8-10-22-16;/h1-4,8,10,12,17H,5-7,9,11H2;1H. The molecule has 0 radical (unpaired) electrons. The fraction of sp³-hybridized carbons (Fsp3) is 0.389. The molecule has 2 aliphatic rings. The van der Waals surface area contributed by atoms with Crippen molar-refractivity contribution in [2.24, 2.45) is 5.92 Å². The Morgan fingerprint density at radius 2 is 2.04 bits per heavy atom. The molecule has 0 amide bonds. The van der Waals surface area contributed by atoms with Gasteiger partial charge < -0.3 is 0 Å². The van der Waals surface area contributed by atoms with Crippen LogP contribution in [0, 0.1) is 11.7 Å². The minimum atomic E-state index is -0.429. The molecular weight excluding hydrogens is 377 g/mol. The summed E-state index contributed by atoms with van der Waals surface area (Å²) in [4.78, 5) is 16.4. The van der Waals surface area contributed by atoms with E-state index in [0.717, 1.165) is 32.4 Å². The number of benzene rings is 1. The molecule has 0 saturated heterocycles. The Balaban J connectivity index is 0.00000156. The number of fused-ring (bicyclic) bond motifs is 1. The summed E-state index contributed by atoms with van der Waals surface area (Å²) in [6, 6.07) is 8.44. The fourth-order valence-corrected chi connectivity index (χ4v) is 4.20. The van der Waals surface area contributed by atoms with Crippen LogP contribution >= 0.6 is 28.3 Å². The number of nitrogens with zero attached hydrogens (tertiary/aromatic N) is 1. The van der Waals surface area contributed by atoms with Crippen molar-refractivity contribution < 1.29 is 9.18 Å². The van der Waals surface area contributed by atoms with Gasteiger partial charge in [-0.15, -0.1) is 28.3 Å². The number of carbonyl (C=O) groups excluding carboxylic acids is 1. The maximum atomic E-state index is 14.3. The molecule has 2 heterocycles. The van der Waals surface area contributed by atoms with Gasteiger partial charge in [0.1, 0.15) is 5.82 Å². The van der Waals surface area contributed by atoms with Crippen molar-refractivity contribution in [2.45, 2.75) is 31.8 Å². The molecule has 1 unspecified atom stereocenters. The third-order valence-corrected chi connectivity index (χ3v) is 5.67. The Bertz CT molecular complexity index is 713. The van der Waals surface area contributed by atoms with Gasteiger partial charge in [0.05, 0.1) is 6.04 Å². The number of carbonyl (C=O) groups is 1. The SMILES string of the molecule is Br.O=C(C1CC1)C(c1ccccc1F)N1CCc2sccc2C1. The molecule has 1 aromatic carbocycles. The van der Waals surface area contributed by atoms with Crippen LogP contribution in [-0.4, -0.2) is 17.2 Å². The molecule has 1 saturated carbocycles. The largest absolute Gasteiger partial charge is 0.297 e. The van der Waals surface area contributed by atoms with Crippen molar-refractivity contribution in [1.82, 2.24) is 4.90 Å². The second-order valence-corrected chi connectivity index (χ2v) is 7.19. The molecule has 1 aromatic heterocycles. The predicted octanol–water partition coefficient (Wildman–Crippen LogP) is 4.54. The Morgan fingerprint density at radius 3 is 2.78 bits per heavy atom. The van der Waals surface area contributed by atoms with E-state index in [9.17, 15) is 9.18 Å². The van der Waals surface area contributed by atoms with E-state index < -0.39 is 6.04 Å². The van der Waals surface area contributed by atoms with Crippen molar-refractivity contribution in [2.75, 3.05) is 6.54 Å². The highest BCUT2D eigenvalue weighted by molar-refractivity contribution is 8.93. The molecule has 2 nitrogen and oxygen atoms in total. The van der Waals surface area contributed by atoms with E-state index in [2.05, 4.69) is 16.3 Å². The van der Waals surface area contributed by atoms with Crippen LogP contribution in [0.15, 0.2) is 35.7 Å². The van der Waals surface area contributed by atoms with Crippen molar-refractivity contribution >= 4 is 34.1 Å². The Morgan fingerprint density at radius 1 is 1.26 bits per heavy atom. The molecule has 5 heteroatoms. The highest BCUT2D eigenvalue weighted by atomic mass is 79.9. The summed E-state index contributed by atoms with van der Waals surface area (Å²) in [5.74, 6) is 0.0647. The summed E-state index contributed by atoms with van der Waals surface area (Å²) in [6.07, 6.45) is 2.87. The smallest absolute Gasteiger partial charge is 0.157 e. The molecule has 1 aliphatic carbocycles. The zero-order valence-electron chi connectivity index (χ0n) is 12.7. The van der Waals surface area contributed by atoms with Crippen LogP contribution in [0.3, 0.4) is 0 Å². The highest BCUT2D eigenvalue weighted by Gasteiger charge is 2.40. The molecule has 1 fully saturated rings. The van der Waals surface area contributed by atoms with Crippen molar-refractivity contribution in [1.29, 1.82) is 0 Å². The summed E-state index contributed by atoms with van der Waals surface area (Å²) >= 11 is 1.78. The summed E-state index contributed by atoms with van der Waals surface area (Å²) < 4.78 is 14.3. The van der Waals surface area contributed by atoms with Crippen LogP contribution in [0.25, 0.3) is 0 Å². The molecule has 4 rings (SSSR count). The molecule has 122 valence electrons. The van der Waals surface area contributed by atoms with Gasteiger partial charge in [-0.25, -0.2) is 4.39 Å². The first-order chi connectivity index (χ1) is 10.7. The van der Waals surface area contributed by atoms with E-state index >= 15 is 0 Å². The second kappa shape index (κ2) is 6.83. The van der Waals surface area contributed by atoms with Gasteiger partial charge in [0, 0.05) is 29.4 Å². The molecular formula is C18H19BrFNOS. The highest BCUT2D eigenvalue weighted by Crippen LogP contribution is 2.39. The van der Waals surface area contributed by atoms with Crippen LogP contribution in [0.5, 0.6) is 0 Å². The predicted molar refractivity (Wildman–Crippen MR) is 95.6 cm³/mol. The monoisotopic (exact) mass is 395 g/mol. The van der Waals surface area contributed by atoms with Gasteiger partial charge >= 0.3 is 0 Å². The number of Topliss-reactive ketones (excluding diaryl/α,β-unsaturated/α-hetero) is 1. The lowest BCUT2D eigenvalue weighted by molar-refractivity contribution is -0.126. The van der Waals surface area contributed by atoms with E-state index in [1.54, 1.807) is 23.5 Å². The summed E-state index contributed by atoms with van der Waals surface area (Å²) in [5.41, 5.74) is 1.83. The van der Waals surface area contributed by atoms with Crippen molar-refractivity contribution in [3.05, 3.63) is 57.5 Å². The van der Waals surface area contributed by atoms with E-state index in [1.165, 1.54) is 16.5 Å². The van der Waals surface area contributed by atoms with Crippen LogP contribution in [0.4, 0.5) is 4.39 Å². The van der Waals surface area contributed by atoms with E-state index in [-0.39, 0.29) is 34.5 Å². The molecule has 0 spiro atoms. The Labute approximate surface area is 150 Å². The Kier molecular flexibility index (Phi) is 4.99. The quantitative estimate of drug-likeness (QED) is 0.756. The third kappa shape index (κ3) is 3.28. The average molecular weight is 396 g/mol. The minimum absolute atomic E-state index is 0. The Hall–Kier alpha value is -1.04. The second-order valence-electron chi connectivity index (χ2n) is 6.19. The van der Waals surface area contributed by atoms with Gasteiger partial charge in [0.15, 0.2) is 5.78 Å². The zero-order chi connectivity index (χ0) is 15.1. The van der Waals surface area contributed by atoms with Gasteiger partial charge in [-0.1, -0.05) is 18.2 Å². The van der Waals surface area contributed by atoms with Crippen LogP contribution in [-0.2, 0) is 17.8 Å². The van der Waals surface area contributed by atoms with E-state index in [0.29, 0.717) is 5.56 Å². The average Bonchev–Trinajstić information content (AvgIpc) is 3.27. The van der Waals surface area contributed by atoms with Gasteiger partial charge in [-0.05, 0) is 42.3 Å². The van der Waals surface area contributed by atoms with E-state index in [1.807, 2.05) is 6.07 Å². The fourth-order valence-electron chi connectivity index (χ4n) is 3.31. The van der Waals surface area contributed by atoms with Gasteiger partial charge in [-0.3, -0.25) is 9.69 Å². The maximum absolute atomic E-state index is 14.3. The first kappa shape index (κ1) is 16.8. The summed E-state index contributed by atoms with van der Waals surface area (Å²) in [6.45, 7) is 1.57. The van der Waals surface area contributed by atoms with Crippen LogP contribution in [0.1, 0.15) is 34.9 Å². The van der Waals surface area contributed by atoms with Crippen LogP contribution in [0.2, 0.25) is 0 Å². The number of ketones is 1. The van der Waals surface area contributed by atoms with Gasteiger partial charge in [0.2, 0.25) is 0 Å². The lowest BCUT2D eigenvalue weighted by Gasteiger charge is -2.34. The van der Waals surface area contributed by atoms with Crippen LogP contribution < -0.4 is 0 Å². The topological polar surface area (TPSA) is 20.3 Å². The molecule has 1 aliphatic heterocycles. The lowest BCUT2D eigenvalue weighted by atomic mass is 9.95. The van der Waals surface area contributed by atoms with Gasteiger partial charge in [0.25, 0.3) is 0 Å². The van der Waals surface area contributed by atoms with E-state index in [4.69, 9.17) is 0 Å². The maximum Gasteiger partial charge on any atom is 0.157 e. The number of hydrogen-bond acceptors (Lipinski definition) is 3. The zero-order valence-corrected chi connectivity index (χ0v) is 15.2. The van der Waals surface area contributed by atoms with Crippen molar-refractivity contribution in [3.63, 3.8) is 0 Å². The van der Waals surface area contributed by atoms with Crippen molar-refractivity contribution in [3.8, 4) is 0 Å². The molecule has 0 bridgehead atoms. The normalized spacial score (nSPS) is 18.8. The third-order valence-electron chi connectivity index (χ3n) is 4.65. The molecule has 1 atom stereocenters. The molecule has 0 N–H and O–H groups in total. The number of hydrogen-bond donors (Lipinski definition) is 0. The lowest BCUT2D eigenvalue weighted by Crippen LogP contribution is -2.38. The number of halogens is 2. The first-order valence-corrected chi connectivity index (χ1v) is 8.69. The first-order valence-electron chi connectivity index (χ1n) is 7.81. The molecule has 23 heavy (non-hydrogen) atoms.